The number of carbonyl (C=O) groups is 1. The van der Waals surface area contributed by atoms with Gasteiger partial charge >= 0.3 is 5.97 Å². The molecule has 0 aliphatic rings. The van der Waals surface area contributed by atoms with Crippen molar-refractivity contribution in [1.82, 2.24) is 9.88 Å². The van der Waals surface area contributed by atoms with E-state index in [2.05, 4.69) is 19.7 Å². The van der Waals surface area contributed by atoms with Crippen LogP contribution in [0.4, 0.5) is 0 Å². The van der Waals surface area contributed by atoms with Crippen LogP contribution < -0.4 is 0 Å². The zero-order valence-corrected chi connectivity index (χ0v) is 10.4. The molecule has 1 aromatic rings. The smallest absolute Gasteiger partial charge is 0.319 e. The van der Waals surface area contributed by atoms with E-state index in [1.54, 1.807) is 18.0 Å². The lowest BCUT2D eigenvalue weighted by Gasteiger charge is -2.14. The molecule has 0 bridgehead atoms. The molecule has 0 unspecified atom stereocenters. The maximum atomic E-state index is 11.1. The Morgan fingerprint density at radius 3 is 2.94 bits per heavy atom. The molecule has 7 nitrogen and oxygen atoms in total. The summed E-state index contributed by atoms with van der Waals surface area (Å²) in [5.74, 6) is -0.289. The lowest BCUT2D eigenvalue weighted by atomic mass is 10.3. The molecule has 0 aliphatic carbocycles. The number of pyridine rings is 1. The van der Waals surface area contributed by atoms with Gasteiger partial charge in [-0.05, 0) is 24.7 Å². The molecule has 0 fully saturated rings. The fourth-order valence-electron chi connectivity index (χ4n) is 1.43. The minimum atomic E-state index is -0.289. The lowest BCUT2D eigenvalue weighted by Crippen LogP contribution is -2.26. The third-order valence-electron chi connectivity index (χ3n) is 2.22. The van der Waals surface area contributed by atoms with Crippen LogP contribution >= 0.6 is 0 Å². The monoisotopic (exact) mass is 249 g/mol. The number of hydrogen-bond donors (Lipinski definition) is 0. The number of azide groups is 1. The third kappa shape index (κ3) is 4.82. The summed E-state index contributed by atoms with van der Waals surface area (Å²) in [5.41, 5.74) is 9.76. The van der Waals surface area contributed by atoms with Gasteiger partial charge in [0.25, 0.3) is 0 Å². The van der Waals surface area contributed by atoms with E-state index in [9.17, 15) is 4.79 Å². The van der Waals surface area contributed by atoms with Gasteiger partial charge in [0.05, 0.1) is 25.9 Å². The molecule has 0 radical (unpaired) electrons. The molecule has 0 saturated heterocycles. The standard InChI is InChI=1S/C11H15N5O2/c1-16(8-11(17)18-2)7-10-5-3-4-9(14-10)6-13-15-12/h3-5H,6-8H2,1-2H3. The van der Waals surface area contributed by atoms with Gasteiger partial charge in [-0.2, -0.15) is 0 Å². The summed E-state index contributed by atoms with van der Waals surface area (Å²) in [4.78, 5) is 19.9. The largest absolute Gasteiger partial charge is 0.468 e. The van der Waals surface area contributed by atoms with Crippen molar-refractivity contribution in [3.05, 3.63) is 40.0 Å². The Labute approximate surface area is 105 Å². The Kier molecular flexibility index (Phi) is 5.63. The fraction of sp³-hybridized carbons (Fsp3) is 0.455. The lowest BCUT2D eigenvalue weighted by molar-refractivity contribution is -0.141. The molecule has 18 heavy (non-hydrogen) atoms. The van der Waals surface area contributed by atoms with Crippen LogP contribution in [0.15, 0.2) is 23.3 Å². The molecule has 1 aromatic heterocycles. The van der Waals surface area contributed by atoms with Crippen LogP contribution in [0, 0.1) is 0 Å². The summed E-state index contributed by atoms with van der Waals surface area (Å²) in [6.07, 6.45) is 0. The minimum absolute atomic E-state index is 0.207. The Balaban J connectivity index is 2.61. The van der Waals surface area contributed by atoms with Gasteiger partial charge in [0.1, 0.15) is 0 Å². The van der Waals surface area contributed by atoms with Gasteiger partial charge < -0.3 is 4.74 Å². The number of likely N-dealkylation sites (N-methyl/N-ethyl adjacent to an activating group) is 1. The van der Waals surface area contributed by atoms with Crippen LogP contribution in [0.1, 0.15) is 11.4 Å². The number of methoxy groups -OCH3 is 1. The molecule has 0 spiro atoms. The molecule has 1 heterocycles. The van der Waals surface area contributed by atoms with Crippen molar-refractivity contribution in [3.63, 3.8) is 0 Å². The number of rotatable bonds is 6. The van der Waals surface area contributed by atoms with Gasteiger partial charge in [-0.3, -0.25) is 14.7 Å². The second-order valence-electron chi connectivity index (χ2n) is 3.76. The van der Waals surface area contributed by atoms with Crippen molar-refractivity contribution >= 4 is 5.97 Å². The van der Waals surface area contributed by atoms with Gasteiger partial charge in [0, 0.05) is 17.2 Å². The van der Waals surface area contributed by atoms with E-state index in [0.29, 0.717) is 12.2 Å². The van der Waals surface area contributed by atoms with Crippen LogP contribution in [0.3, 0.4) is 0 Å². The topological polar surface area (TPSA) is 91.2 Å². The average Bonchev–Trinajstić information content (AvgIpc) is 2.36. The molecule has 0 saturated carbocycles. The average molecular weight is 249 g/mol. The molecule has 7 heteroatoms. The van der Waals surface area contributed by atoms with Crippen molar-refractivity contribution in [1.29, 1.82) is 0 Å². The highest BCUT2D eigenvalue weighted by Crippen LogP contribution is 2.04. The summed E-state index contributed by atoms with van der Waals surface area (Å²) in [5, 5.41) is 3.45. The molecule has 0 aliphatic heterocycles. The van der Waals surface area contributed by atoms with E-state index in [1.165, 1.54) is 7.11 Å². The highest BCUT2D eigenvalue weighted by molar-refractivity contribution is 5.71. The molecule has 0 aromatic carbocycles. The number of nitrogens with zero attached hydrogens (tertiary/aromatic N) is 5. The van der Waals surface area contributed by atoms with Crippen molar-refractivity contribution in [2.75, 3.05) is 20.7 Å². The predicted octanol–water partition coefficient (Wildman–Crippen LogP) is 1.50. The Bertz CT molecular complexity index is 457. The van der Waals surface area contributed by atoms with Crippen LogP contribution in [-0.4, -0.2) is 36.6 Å². The van der Waals surface area contributed by atoms with Crippen molar-refractivity contribution in [2.45, 2.75) is 13.1 Å². The first-order chi connectivity index (χ1) is 8.65. The van der Waals surface area contributed by atoms with E-state index in [-0.39, 0.29) is 19.1 Å². The first kappa shape index (κ1) is 14.0. The Morgan fingerprint density at radius 1 is 1.56 bits per heavy atom. The van der Waals surface area contributed by atoms with Crippen molar-refractivity contribution in [2.24, 2.45) is 5.11 Å². The fourth-order valence-corrected chi connectivity index (χ4v) is 1.43. The molecule has 0 amide bonds. The quantitative estimate of drug-likeness (QED) is 0.330. The second kappa shape index (κ2) is 7.26. The highest BCUT2D eigenvalue weighted by Gasteiger charge is 2.07. The van der Waals surface area contributed by atoms with E-state index < -0.39 is 0 Å². The van der Waals surface area contributed by atoms with Gasteiger partial charge in [-0.25, -0.2) is 0 Å². The minimum Gasteiger partial charge on any atom is -0.468 e. The van der Waals surface area contributed by atoms with Crippen LogP contribution in [0.2, 0.25) is 0 Å². The first-order valence-corrected chi connectivity index (χ1v) is 5.36. The van der Waals surface area contributed by atoms with E-state index in [4.69, 9.17) is 5.53 Å². The third-order valence-corrected chi connectivity index (χ3v) is 2.22. The first-order valence-electron chi connectivity index (χ1n) is 5.36. The summed E-state index contributed by atoms with van der Waals surface area (Å²) >= 11 is 0. The summed E-state index contributed by atoms with van der Waals surface area (Å²) in [6.45, 7) is 0.961. The van der Waals surface area contributed by atoms with Gasteiger partial charge in [0.2, 0.25) is 0 Å². The van der Waals surface area contributed by atoms with E-state index in [1.807, 2.05) is 12.1 Å². The van der Waals surface area contributed by atoms with Crippen molar-refractivity contribution in [3.8, 4) is 0 Å². The van der Waals surface area contributed by atoms with Crippen molar-refractivity contribution < 1.29 is 9.53 Å². The summed E-state index contributed by atoms with van der Waals surface area (Å²) < 4.78 is 4.58. The molecular weight excluding hydrogens is 234 g/mol. The van der Waals surface area contributed by atoms with Gasteiger partial charge in [-0.1, -0.05) is 11.2 Å². The van der Waals surface area contributed by atoms with E-state index >= 15 is 0 Å². The van der Waals surface area contributed by atoms with Gasteiger partial charge in [-0.15, -0.1) is 0 Å². The molecule has 0 N–H and O–H groups in total. The molecule has 0 atom stereocenters. The predicted molar refractivity (Wildman–Crippen MR) is 65.4 cm³/mol. The number of aromatic nitrogens is 1. The number of ether oxygens (including phenoxy) is 1. The zero-order chi connectivity index (χ0) is 13.4. The zero-order valence-electron chi connectivity index (χ0n) is 10.4. The molecule has 96 valence electrons. The highest BCUT2D eigenvalue weighted by atomic mass is 16.5. The van der Waals surface area contributed by atoms with Crippen LogP contribution in [-0.2, 0) is 22.6 Å². The second-order valence-corrected chi connectivity index (χ2v) is 3.76. The molecular formula is C11H15N5O2. The number of carbonyl (C=O) groups excluding carboxylic acids is 1. The number of esters is 1. The van der Waals surface area contributed by atoms with Crippen LogP contribution in [0.5, 0.6) is 0 Å². The maximum Gasteiger partial charge on any atom is 0.319 e. The SMILES string of the molecule is COC(=O)CN(C)Cc1cccc(CN=[N+]=[N-])n1. The van der Waals surface area contributed by atoms with Crippen LogP contribution in [0.25, 0.3) is 10.4 Å². The maximum absolute atomic E-state index is 11.1. The summed E-state index contributed by atoms with van der Waals surface area (Å²) in [7, 11) is 3.16. The van der Waals surface area contributed by atoms with Gasteiger partial charge in [0.15, 0.2) is 0 Å². The van der Waals surface area contributed by atoms with E-state index in [0.717, 1.165) is 5.69 Å². The normalized spacial score (nSPS) is 9.94. The summed E-state index contributed by atoms with van der Waals surface area (Å²) in [6, 6.07) is 5.49. The molecule has 1 rings (SSSR count). The Morgan fingerprint density at radius 2 is 2.28 bits per heavy atom. The number of hydrogen-bond acceptors (Lipinski definition) is 5. The Hall–Kier alpha value is -2.11.